The van der Waals surface area contributed by atoms with Gasteiger partial charge in [0.2, 0.25) is 0 Å². The van der Waals surface area contributed by atoms with Gasteiger partial charge in [-0.25, -0.2) is 9.48 Å². The number of carbonyl (C=O) groups is 1. The number of rotatable bonds is 2. The van der Waals surface area contributed by atoms with Crippen molar-refractivity contribution in [2.75, 3.05) is 0 Å². The van der Waals surface area contributed by atoms with Crippen LogP contribution in [0.2, 0.25) is 0 Å². The van der Waals surface area contributed by atoms with Gasteiger partial charge in [-0.05, 0) is 30.7 Å². The molecule has 0 radical (unpaired) electrons. The minimum atomic E-state index is -1.05. The second kappa shape index (κ2) is 4.05. The van der Waals surface area contributed by atoms with E-state index in [1.54, 1.807) is 6.07 Å². The van der Waals surface area contributed by atoms with Gasteiger partial charge in [-0.3, -0.25) is 0 Å². The third-order valence-electron chi connectivity index (χ3n) is 2.04. The molecule has 1 N–H and O–H groups in total. The number of benzene rings is 1. The fraction of sp³-hybridized carbons (Fsp3) is 0.100. The number of aryl methyl sites for hydroxylation is 1. The zero-order valence-corrected chi connectivity index (χ0v) is 9.97. The molecule has 1 aromatic heterocycles. The first kappa shape index (κ1) is 10.8. The van der Waals surface area contributed by atoms with Crippen molar-refractivity contribution in [3.8, 4) is 5.69 Å². The summed E-state index contributed by atoms with van der Waals surface area (Å²) in [6.45, 7) is 1.92. The van der Waals surface area contributed by atoms with Crippen molar-refractivity contribution in [2.45, 2.75) is 6.92 Å². The van der Waals surface area contributed by atoms with E-state index in [1.165, 1.54) is 10.9 Å². The lowest BCUT2D eigenvalue weighted by Crippen LogP contribution is -2.08. The molecule has 0 atom stereocenters. The normalized spacial score (nSPS) is 10.4. The molecule has 0 fully saturated rings. The van der Waals surface area contributed by atoms with Crippen LogP contribution in [-0.4, -0.2) is 26.1 Å². The standard InChI is InChI=1S/C10H8BrN3O2/c1-6-2-7(11)4-8(3-6)14-9(10(15)16)5-12-13-14/h2-5H,1H3,(H,15,16). The van der Waals surface area contributed by atoms with Gasteiger partial charge in [0.1, 0.15) is 0 Å². The van der Waals surface area contributed by atoms with Crippen molar-refractivity contribution in [1.29, 1.82) is 0 Å². The zero-order valence-electron chi connectivity index (χ0n) is 8.38. The highest BCUT2D eigenvalue weighted by molar-refractivity contribution is 9.10. The van der Waals surface area contributed by atoms with Crippen molar-refractivity contribution in [1.82, 2.24) is 15.0 Å². The van der Waals surface area contributed by atoms with E-state index in [2.05, 4.69) is 26.2 Å². The van der Waals surface area contributed by atoms with Crippen molar-refractivity contribution in [3.63, 3.8) is 0 Å². The van der Waals surface area contributed by atoms with E-state index in [9.17, 15) is 4.79 Å². The van der Waals surface area contributed by atoms with Crippen LogP contribution in [-0.2, 0) is 0 Å². The first-order valence-corrected chi connectivity index (χ1v) is 5.29. The van der Waals surface area contributed by atoms with Crippen LogP contribution in [0, 0.1) is 6.92 Å². The Morgan fingerprint density at radius 2 is 2.19 bits per heavy atom. The van der Waals surface area contributed by atoms with Crippen molar-refractivity contribution in [3.05, 3.63) is 40.1 Å². The lowest BCUT2D eigenvalue weighted by atomic mass is 10.2. The predicted molar refractivity (Wildman–Crippen MR) is 60.8 cm³/mol. The average molecular weight is 282 g/mol. The molecule has 0 aliphatic heterocycles. The molecule has 16 heavy (non-hydrogen) atoms. The molecule has 0 aliphatic carbocycles. The van der Waals surface area contributed by atoms with E-state index in [0.717, 1.165) is 10.0 Å². The molecule has 0 amide bonds. The smallest absolute Gasteiger partial charge is 0.356 e. The fourth-order valence-electron chi connectivity index (χ4n) is 1.41. The number of nitrogens with zero attached hydrogens (tertiary/aromatic N) is 3. The Morgan fingerprint density at radius 3 is 2.81 bits per heavy atom. The van der Waals surface area contributed by atoms with Gasteiger partial charge in [-0.2, -0.15) is 0 Å². The maximum atomic E-state index is 10.9. The summed E-state index contributed by atoms with van der Waals surface area (Å²) in [7, 11) is 0. The average Bonchev–Trinajstić information content (AvgIpc) is 2.63. The number of aromatic carboxylic acids is 1. The van der Waals surface area contributed by atoms with Crippen molar-refractivity contribution < 1.29 is 9.90 Å². The number of carboxylic acids is 1. The second-order valence-corrected chi connectivity index (χ2v) is 4.24. The molecule has 0 unspecified atom stereocenters. The number of hydrogen-bond acceptors (Lipinski definition) is 3. The first-order chi connectivity index (χ1) is 7.58. The summed E-state index contributed by atoms with van der Waals surface area (Å²) in [5.41, 5.74) is 1.72. The molecule has 0 saturated heterocycles. The summed E-state index contributed by atoms with van der Waals surface area (Å²) in [6.07, 6.45) is 1.22. The Balaban J connectivity index is 2.58. The highest BCUT2D eigenvalue weighted by Gasteiger charge is 2.13. The van der Waals surface area contributed by atoms with Crippen molar-refractivity contribution >= 4 is 21.9 Å². The van der Waals surface area contributed by atoms with Crippen molar-refractivity contribution in [2.24, 2.45) is 0 Å². The molecule has 5 nitrogen and oxygen atoms in total. The molecular formula is C10H8BrN3O2. The second-order valence-electron chi connectivity index (χ2n) is 3.32. The van der Waals surface area contributed by atoms with Gasteiger partial charge in [0.25, 0.3) is 0 Å². The Morgan fingerprint density at radius 1 is 1.44 bits per heavy atom. The third-order valence-corrected chi connectivity index (χ3v) is 2.50. The number of halogens is 1. The van der Waals surface area contributed by atoms with E-state index in [-0.39, 0.29) is 5.69 Å². The largest absolute Gasteiger partial charge is 0.476 e. The van der Waals surface area contributed by atoms with Gasteiger partial charge in [0.15, 0.2) is 5.69 Å². The Labute approximate surface area is 99.8 Å². The van der Waals surface area contributed by atoms with Crippen LogP contribution in [0.25, 0.3) is 5.69 Å². The summed E-state index contributed by atoms with van der Waals surface area (Å²) < 4.78 is 2.16. The minimum absolute atomic E-state index is 0.0394. The molecule has 0 bridgehead atoms. The molecule has 1 heterocycles. The van der Waals surface area contributed by atoms with Crippen LogP contribution in [0.3, 0.4) is 0 Å². The molecule has 0 aliphatic rings. The zero-order chi connectivity index (χ0) is 11.7. The third kappa shape index (κ3) is 1.96. The summed E-state index contributed by atoms with van der Waals surface area (Å²) in [4.78, 5) is 10.9. The fourth-order valence-corrected chi connectivity index (χ4v) is 2.01. The SMILES string of the molecule is Cc1cc(Br)cc(-n2nncc2C(=O)O)c1. The van der Waals surface area contributed by atoms with Crippen LogP contribution in [0.5, 0.6) is 0 Å². The molecule has 0 saturated carbocycles. The van der Waals surface area contributed by atoms with E-state index >= 15 is 0 Å². The minimum Gasteiger partial charge on any atom is -0.476 e. The first-order valence-electron chi connectivity index (χ1n) is 4.49. The van der Waals surface area contributed by atoms with Crippen LogP contribution in [0.4, 0.5) is 0 Å². The molecule has 2 aromatic rings. The maximum absolute atomic E-state index is 10.9. The van der Waals surface area contributed by atoms with Crippen LogP contribution >= 0.6 is 15.9 Å². The lowest BCUT2D eigenvalue weighted by molar-refractivity contribution is 0.0687. The topological polar surface area (TPSA) is 68.0 Å². The number of hydrogen-bond donors (Lipinski definition) is 1. The summed E-state index contributed by atoms with van der Waals surface area (Å²) in [6, 6.07) is 5.56. The van der Waals surface area contributed by atoms with Crippen LogP contribution in [0.15, 0.2) is 28.9 Å². The Hall–Kier alpha value is -1.69. The summed E-state index contributed by atoms with van der Waals surface area (Å²) in [5.74, 6) is -1.05. The number of aromatic nitrogens is 3. The van der Waals surface area contributed by atoms with Crippen LogP contribution < -0.4 is 0 Å². The summed E-state index contributed by atoms with van der Waals surface area (Å²) >= 11 is 3.35. The highest BCUT2D eigenvalue weighted by Crippen LogP contribution is 2.18. The van der Waals surface area contributed by atoms with Gasteiger partial charge in [0, 0.05) is 4.47 Å². The molecule has 0 spiro atoms. The molecule has 82 valence electrons. The summed E-state index contributed by atoms with van der Waals surface area (Å²) in [5, 5.41) is 16.3. The monoisotopic (exact) mass is 281 g/mol. The molecular weight excluding hydrogens is 274 g/mol. The van der Waals surface area contributed by atoms with E-state index < -0.39 is 5.97 Å². The highest BCUT2D eigenvalue weighted by atomic mass is 79.9. The molecule has 6 heteroatoms. The van der Waals surface area contributed by atoms with Gasteiger partial charge >= 0.3 is 5.97 Å². The number of carboxylic acid groups (broad SMARTS) is 1. The van der Waals surface area contributed by atoms with E-state index in [1.807, 2.05) is 19.1 Å². The maximum Gasteiger partial charge on any atom is 0.356 e. The predicted octanol–water partition coefficient (Wildman–Crippen LogP) is 2.04. The quantitative estimate of drug-likeness (QED) is 0.915. The van der Waals surface area contributed by atoms with Gasteiger partial charge in [-0.15, -0.1) is 5.10 Å². The Kier molecular flexibility index (Phi) is 2.74. The van der Waals surface area contributed by atoms with Gasteiger partial charge in [-0.1, -0.05) is 21.1 Å². The van der Waals surface area contributed by atoms with Gasteiger partial charge in [0.05, 0.1) is 11.9 Å². The lowest BCUT2D eigenvalue weighted by Gasteiger charge is -2.05. The van der Waals surface area contributed by atoms with Crippen LogP contribution in [0.1, 0.15) is 16.1 Å². The van der Waals surface area contributed by atoms with E-state index in [0.29, 0.717) is 5.69 Å². The van der Waals surface area contributed by atoms with Gasteiger partial charge < -0.3 is 5.11 Å². The molecule has 2 rings (SSSR count). The Bertz CT molecular complexity index is 530. The molecule has 1 aromatic carbocycles. The van der Waals surface area contributed by atoms with E-state index in [4.69, 9.17) is 5.11 Å².